The van der Waals surface area contributed by atoms with Gasteiger partial charge in [-0.25, -0.2) is 0 Å². The zero-order valence-electron chi connectivity index (χ0n) is 28.8. The molecule has 2 heterocycles. The zero-order chi connectivity index (χ0) is 35.9. The summed E-state index contributed by atoms with van der Waals surface area (Å²) in [6.07, 6.45) is 2.25. The van der Waals surface area contributed by atoms with Crippen molar-refractivity contribution >= 4 is 17.5 Å². The number of carbonyl (C=O) groups excluding carboxylic acids is 1. The molecule has 1 aromatic heterocycles. The van der Waals surface area contributed by atoms with Gasteiger partial charge in [-0.15, -0.1) is 0 Å². The molecule has 2 unspecified atom stereocenters. The molecule has 0 radical (unpaired) electrons. The van der Waals surface area contributed by atoms with Crippen LogP contribution in [0.1, 0.15) is 49.3 Å². The molecular formula is C39H39F2N5O5. The van der Waals surface area contributed by atoms with Gasteiger partial charge in [-0.05, 0) is 56.0 Å². The van der Waals surface area contributed by atoms with E-state index in [9.17, 15) is 10.1 Å². The van der Waals surface area contributed by atoms with Gasteiger partial charge in [0.15, 0.2) is 11.5 Å². The molecule has 0 N–H and O–H groups in total. The topological polar surface area (TPSA) is 110 Å². The van der Waals surface area contributed by atoms with Crippen LogP contribution >= 0.6 is 0 Å². The van der Waals surface area contributed by atoms with Gasteiger partial charge in [-0.2, -0.15) is 19.0 Å². The van der Waals surface area contributed by atoms with Gasteiger partial charge in [-0.3, -0.25) is 9.79 Å². The van der Waals surface area contributed by atoms with Crippen LogP contribution in [0.15, 0.2) is 77.8 Å². The first kappa shape index (κ1) is 35.1. The van der Waals surface area contributed by atoms with Crippen LogP contribution < -0.4 is 19.1 Å². The van der Waals surface area contributed by atoms with Crippen molar-refractivity contribution in [2.24, 2.45) is 10.9 Å². The number of aromatic nitrogens is 1. The van der Waals surface area contributed by atoms with Crippen LogP contribution in [0.2, 0.25) is 0 Å². The fourth-order valence-electron chi connectivity index (χ4n) is 6.38. The predicted molar refractivity (Wildman–Crippen MR) is 187 cm³/mol. The number of benzene rings is 3. The number of nitrogens with zero attached hydrogens (tertiary/aromatic N) is 5. The Kier molecular flexibility index (Phi) is 10.9. The second kappa shape index (κ2) is 15.9. The normalized spacial score (nSPS) is 16.9. The standard InChI is InChI=1S/C39H39F2N5O5/c1-4-48-39(47)28-13-8-14-29(21-28)46(3)35-33(40)37(50-30-15-9-12-27(22-30)36-43-18-19-45(36)2)44-38(34(35)41)51-32-20-26(23-42)16-17-31(32)49-24-25-10-6-5-7-11-25/h5-7,9-12,15-17,20,22,28-29H,4,8,13-14,18-19,21,24H2,1-3H3. The molecule has 12 heteroatoms. The van der Waals surface area contributed by atoms with E-state index in [2.05, 4.69) is 16.0 Å². The fraction of sp³-hybridized carbons (Fsp3) is 0.333. The van der Waals surface area contributed by atoms with E-state index < -0.39 is 41.0 Å². The smallest absolute Gasteiger partial charge is 0.308 e. The third kappa shape index (κ3) is 8.04. The number of amidine groups is 1. The van der Waals surface area contributed by atoms with E-state index in [-0.39, 0.29) is 42.0 Å². The van der Waals surface area contributed by atoms with E-state index in [1.165, 1.54) is 11.0 Å². The molecule has 10 nitrogen and oxygen atoms in total. The molecule has 6 rings (SSSR count). The van der Waals surface area contributed by atoms with E-state index in [1.54, 1.807) is 44.3 Å². The Hall–Kier alpha value is -5.70. The van der Waals surface area contributed by atoms with Gasteiger partial charge in [0.05, 0.1) is 30.7 Å². The van der Waals surface area contributed by atoms with Gasteiger partial charge in [0, 0.05) is 38.3 Å². The molecule has 0 spiro atoms. The molecule has 0 saturated heterocycles. The monoisotopic (exact) mass is 695 g/mol. The van der Waals surface area contributed by atoms with Gasteiger partial charge in [0.25, 0.3) is 11.8 Å². The molecule has 264 valence electrons. The van der Waals surface area contributed by atoms with Crippen molar-refractivity contribution in [3.05, 3.63) is 101 Å². The van der Waals surface area contributed by atoms with Crippen molar-refractivity contribution in [2.45, 2.75) is 45.3 Å². The molecule has 1 saturated carbocycles. The van der Waals surface area contributed by atoms with E-state index in [0.717, 1.165) is 23.5 Å². The molecule has 0 bridgehead atoms. The second-order valence-corrected chi connectivity index (χ2v) is 12.5. The lowest BCUT2D eigenvalue weighted by Gasteiger charge is -2.36. The van der Waals surface area contributed by atoms with Crippen molar-refractivity contribution in [2.75, 3.05) is 38.7 Å². The van der Waals surface area contributed by atoms with Crippen LogP contribution in [0.3, 0.4) is 0 Å². The Labute approximate surface area is 295 Å². The fourth-order valence-corrected chi connectivity index (χ4v) is 6.38. The second-order valence-electron chi connectivity index (χ2n) is 12.5. The van der Waals surface area contributed by atoms with Crippen molar-refractivity contribution in [1.82, 2.24) is 9.88 Å². The van der Waals surface area contributed by atoms with Crippen LogP contribution in [0.5, 0.6) is 29.0 Å². The van der Waals surface area contributed by atoms with Gasteiger partial charge >= 0.3 is 5.97 Å². The maximum atomic E-state index is 16.7. The van der Waals surface area contributed by atoms with E-state index in [4.69, 9.17) is 18.9 Å². The van der Waals surface area contributed by atoms with Gasteiger partial charge in [0.1, 0.15) is 23.9 Å². The molecule has 1 fully saturated rings. The number of hydrogen-bond donors (Lipinski definition) is 0. The number of esters is 1. The Balaban J connectivity index is 1.39. The van der Waals surface area contributed by atoms with Crippen molar-refractivity contribution < 1.29 is 32.5 Å². The lowest BCUT2D eigenvalue weighted by molar-refractivity contribution is -0.149. The molecule has 3 aromatic carbocycles. The van der Waals surface area contributed by atoms with E-state index in [0.29, 0.717) is 32.2 Å². The quantitative estimate of drug-likeness (QED) is 0.138. The van der Waals surface area contributed by atoms with E-state index >= 15 is 8.78 Å². The maximum absolute atomic E-state index is 16.7. The lowest BCUT2D eigenvalue weighted by atomic mass is 9.85. The molecule has 51 heavy (non-hydrogen) atoms. The predicted octanol–water partition coefficient (Wildman–Crippen LogP) is 7.65. The number of halogens is 2. The molecule has 4 aromatic rings. The van der Waals surface area contributed by atoms with Gasteiger partial charge in [-0.1, -0.05) is 48.9 Å². The van der Waals surface area contributed by atoms with Gasteiger partial charge < -0.3 is 28.7 Å². The highest BCUT2D eigenvalue weighted by molar-refractivity contribution is 5.99. The highest BCUT2D eigenvalue weighted by Crippen LogP contribution is 2.42. The maximum Gasteiger partial charge on any atom is 0.308 e. The molecule has 1 aliphatic carbocycles. The summed E-state index contributed by atoms with van der Waals surface area (Å²) >= 11 is 0. The third-order valence-electron chi connectivity index (χ3n) is 9.04. The summed E-state index contributed by atoms with van der Waals surface area (Å²) in [6, 6.07) is 22.6. The number of likely N-dealkylation sites (N-methyl/N-ethyl adjacent to an activating group) is 1. The number of rotatable bonds is 12. The summed E-state index contributed by atoms with van der Waals surface area (Å²) in [5.74, 6) is -2.68. The minimum absolute atomic E-state index is 0.00635. The minimum Gasteiger partial charge on any atom is -0.485 e. The molecule has 2 aliphatic rings. The number of anilines is 1. The van der Waals surface area contributed by atoms with Gasteiger partial charge in [0.2, 0.25) is 11.6 Å². The zero-order valence-corrected chi connectivity index (χ0v) is 28.8. The summed E-state index contributed by atoms with van der Waals surface area (Å²) in [4.78, 5) is 24.9. The molecule has 1 aliphatic heterocycles. The summed E-state index contributed by atoms with van der Waals surface area (Å²) in [5.41, 5.74) is 1.45. The molecule has 2 atom stereocenters. The number of nitriles is 1. The highest BCUT2D eigenvalue weighted by atomic mass is 19.1. The average Bonchev–Trinajstić information content (AvgIpc) is 3.59. The number of carbonyl (C=O) groups is 1. The van der Waals surface area contributed by atoms with Crippen LogP contribution in [-0.2, 0) is 16.1 Å². The Bertz CT molecular complexity index is 1950. The van der Waals surface area contributed by atoms with Crippen molar-refractivity contribution in [3.63, 3.8) is 0 Å². The first-order valence-corrected chi connectivity index (χ1v) is 17.0. The van der Waals surface area contributed by atoms with Crippen LogP contribution in [0, 0.1) is 28.9 Å². The third-order valence-corrected chi connectivity index (χ3v) is 9.04. The lowest BCUT2D eigenvalue weighted by Crippen LogP contribution is -2.39. The van der Waals surface area contributed by atoms with Crippen LogP contribution in [0.4, 0.5) is 14.5 Å². The Morgan fingerprint density at radius 3 is 2.51 bits per heavy atom. The van der Waals surface area contributed by atoms with Crippen molar-refractivity contribution in [3.8, 4) is 35.1 Å². The SMILES string of the molecule is CCOC(=O)C1CCCC(N(C)c2c(F)c(Oc3cccc(C4=NCCN4C)c3)nc(Oc3cc(C#N)ccc3OCc3ccccc3)c2F)C1. The first-order valence-electron chi connectivity index (χ1n) is 17.0. The highest BCUT2D eigenvalue weighted by Gasteiger charge is 2.35. The van der Waals surface area contributed by atoms with Crippen molar-refractivity contribution in [1.29, 1.82) is 5.26 Å². The Morgan fingerprint density at radius 2 is 1.78 bits per heavy atom. The largest absolute Gasteiger partial charge is 0.485 e. The summed E-state index contributed by atoms with van der Waals surface area (Å²) in [6.45, 7) is 3.59. The number of ether oxygens (including phenoxy) is 4. The van der Waals surface area contributed by atoms with Crippen LogP contribution in [0.25, 0.3) is 0 Å². The minimum atomic E-state index is -1.08. The van der Waals surface area contributed by atoms with E-state index in [1.807, 2.05) is 48.3 Å². The molecular weight excluding hydrogens is 656 g/mol. The first-order chi connectivity index (χ1) is 24.7. The molecule has 0 amide bonds. The average molecular weight is 696 g/mol. The summed E-state index contributed by atoms with van der Waals surface area (Å²) in [7, 11) is 3.51. The summed E-state index contributed by atoms with van der Waals surface area (Å²) in [5, 5.41) is 9.64. The number of hydrogen-bond acceptors (Lipinski definition) is 10. The number of pyridine rings is 1. The number of aliphatic imine (C=N–C) groups is 1. The van der Waals surface area contributed by atoms with Crippen LogP contribution in [-0.4, -0.2) is 61.5 Å². The summed E-state index contributed by atoms with van der Waals surface area (Å²) < 4.78 is 56.6. The Morgan fingerprint density at radius 1 is 1.00 bits per heavy atom.